The van der Waals surface area contributed by atoms with E-state index in [2.05, 4.69) is 10.0 Å². The van der Waals surface area contributed by atoms with Crippen molar-refractivity contribution in [3.8, 4) is 5.75 Å². The number of methoxy groups -OCH3 is 1. The fourth-order valence-electron chi connectivity index (χ4n) is 3.09. The Labute approximate surface area is 198 Å². The Morgan fingerprint density at radius 3 is 2.18 bits per heavy atom. The third-order valence-electron chi connectivity index (χ3n) is 5.02. The van der Waals surface area contributed by atoms with Crippen LogP contribution in [0.3, 0.4) is 0 Å². The molecule has 0 aromatic heterocycles. The van der Waals surface area contributed by atoms with E-state index in [4.69, 9.17) is 9.47 Å². The number of nitrogens with one attached hydrogen (secondary N) is 2. The first-order valence-corrected chi connectivity index (χ1v) is 12.0. The number of carboxylic acids is 1. The summed E-state index contributed by atoms with van der Waals surface area (Å²) in [6.07, 6.45) is -0.474. The predicted octanol–water partition coefficient (Wildman–Crippen LogP) is 1.88. The number of hydrogen-bond acceptors (Lipinski definition) is 7. The summed E-state index contributed by atoms with van der Waals surface area (Å²) >= 11 is 0. The summed E-state index contributed by atoms with van der Waals surface area (Å²) in [5.74, 6) is -3.08. The maximum absolute atomic E-state index is 12.7. The topological polar surface area (TPSA) is 148 Å². The Kier molecular flexibility index (Phi) is 9.16. The second kappa shape index (κ2) is 11.6. The number of rotatable bonds is 12. The van der Waals surface area contributed by atoms with Gasteiger partial charge in [-0.1, -0.05) is 17.7 Å². The van der Waals surface area contributed by atoms with Crippen molar-refractivity contribution in [1.29, 1.82) is 0 Å². The number of carboxylic acid groups (broad SMARTS) is 1. The molecular weight excluding hydrogens is 464 g/mol. The molecule has 1 unspecified atom stereocenters. The van der Waals surface area contributed by atoms with Crippen molar-refractivity contribution in [3.05, 3.63) is 59.7 Å². The van der Waals surface area contributed by atoms with Crippen molar-refractivity contribution in [2.24, 2.45) is 0 Å². The molecule has 10 nitrogen and oxygen atoms in total. The highest BCUT2D eigenvalue weighted by atomic mass is 32.2. The summed E-state index contributed by atoms with van der Waals surface area (Å²) in [7, 11) is -2.37. The van der Waals surface area contributed by atoms with Crippen LogP contribution in [0, 0.1) is 6.92 Å². The van der Waals surface area contributed by atoms with Gasteiger partial charge in [-0.05, 0) is 63.1 Å². The van der Waals surface area contributed by atoms with E-state index in [1.807, 2.05) is 6.92 Å². The van der Waals surface area contributed by atoms with Crippen LogP contribution in [-0.4, -0.2) is 57.2 Å². The van der Waals surface area contributed by atoms with Crippen LogP contribution < -0.4 is 14.8 Å². The van der Waals surface area contributed by atoms with Crippen molar-refractivity contribution in [2.45, 2.75) is 37.1 Å². The van der Waals surface area contributed by atoms with E-state index in [-0.39, 0.29) is 30.0 Å². The van der Waals surface area contributed by atoms with E-state index in [9.17, 15) is 27.9 Å². The smallest absolute Gasteiger partial charge is 0.343 e. The standard InChI is InChI=1S/C23H28N2O8S/c1-4-33-22(29)23(21(27)28,25-20(26)17-8-10-18(32-3)11-9-17)14-5-15-24-34(30,31)19-12-6-16(2)7-13-19/h6-13,24H,4-5,14-15H2,1-3H3,(H,25,26)(H,27,28). The van der Waals surface area contributed by atoms with E-state index in [1.54, 1.807) is 12.1 Å². The lowest BCUT2D eigenvalue weighted by Gasteiger charge is -2.28. The highest BCUT2D eigenvalue weighted by molar-refractivity contribution is 7.89. The van der Waals surface area contributed by atoms with Gasteiger partial charge < -0.3 is 19.9 Å². The van der Waals surface area contributed by atoms with Crippen molar-refractivity contribution >= 4 is 27.9 Å². The van der Waals surface area contributed by atoms with E-state index < -0.39 is 39.8 Å². The van der Waals surface area contributed by atoms with Gasteiger partial charge in [0.25, 0.3) is 5.91 Å². The first-order chi connectivity index (χ1) is 16.1. The van der Waals surface area contributed by atoms with Gasteiger partial charge in [0.15, 0.2) is 0 Å². The monoisotopic (exact) mass is 492 g/mol. The maximum atomic E-state index is 12.7. The highest BCUT2D eigenvalue weighted by Crippen LogP contribution is 2.19. The summed E-state index contributed by atoms with van der Waals surface area (Å²) in [6, 6.07) is 12.1. The molecule has 34 heavy (non-hydrogen) atoms. The number of hydrogen-bond donors (Lipinski definition) is 3. The van der Waals surface area contributed by atoms with Crippen molar-refractivity contribution < 1.29 is 37.4 Å². The van der Waals surface area contributed by atoms with Gasteiger partial charge in [0, 0.05) is 12.1 Å². The summed E-state index contributed by atoms with van der Waals surface area (Å²) in [6.45, 7) is 3.06. The van der Waals surface area contributed by atoms with Crippen molar-refractivity contribution in [3.63, 3.8) is 0 Å². The van der Waals surface area contributed by atoms with Crippen LogP contribution in [0.2, 0.25) is 0 Å². The average Bonchev–Trinajstić information content (AvgIpc) is 2.81. The van der Waals surface area contributed by atoms with E-state index in [1.165, 1.54) is 50.4 Å². The van der Waals surface area contributed by atoms with E-state index in [0.29, 0.717) is 5.75 Å². The molecule has 0 aliphatic carbocycles. The normalized spacial score (nSPS) is 12.9. The van der Waals surface area contributed by atoms with Gasteiger partial charge in [-0.15, -0.1) is 0 Å². The Bertz CT molecular complexity index is 1110. The lowest BCUT2D eigenvalue weighted by atomic mass is 9.92. The van der Waals surface area contributed by atoms with Gasteiger partial charge in [0.05, 0.1) is 18.6 Å². The Morgan fingerprint density at radius 1 is 1.03 bits per heavy atom. The van der Waals surface area contributed by atoms with Gasteiger partial charge in [0.1, 0.15) is 5.75 Å². The van der Waals surface area contributed by atoms with Crippen LogP contribution in [0.25, 0.3) is 0 Å². The summed E-state index contributed by atoms with van der Waals surface area (Å²) in [5.41, 5.74) is -1.40. The molecule has 2 rings (SSSR count). The molecule has 0 aliphatic heterocycles. The van der Waals surface area contributed by atoms with Gasteiger partial charge in [-0.25, -0.2) is 22.7 Å². The molecule has 0 saturated heterocycles. The Balaban J connectivity index is 2.17. The Morgan fingerprint density at radius 2 is 1.65 bits per heavy atom. The van der Waals surface area contributed by atoms with Crippen LogP contribution in [0.4, 0.5) is 0 Å². The molecule has 2 aromatic rings. The van der Waals surface area contributed by atoms with Crippen molar-refractivity contribution in [2.75, 3.05) is 20.3 Å². The second-order valence-corrected chi connectivity index (χ2v) is 9.19. The minimum atomic E-state index is -3.83. The average molecular weight is 493 g/mol. The fraction of sp³-hybridized carbons (Fsp3) is 0.348. The molecule has 11 heteroatoms. The van der Waals surface area contributed by atoms with Crippen LogP contribution in [0.15, 0.2) is 53.4 Å². The quantitative estimate of drug-likeness (QED) is 0.231. The molecule has 3 N–H and O–H groups in total. The molecule has 0 aliphatic rings. The number of sulfonamides is 1. The predicted molar refractivity (Wildman–Crippen MR) is 123 cm³/mol. The van der Waals surface area contributed by atoms with Crippen molar-refractivity contribution in [1.82, 2.24) is 10.0 Å². The first-order valence-electron chi connectivity index (χ1n) is 10.5. The summed E-state index contributed by atoms with van der Waals surface area (Å²) < 4.78 is 37.2. The van der Waals surface area contributed by atoms with Gasteiger partial charge in [-0.3, -0.25) is 4.79 Å². The third-order valence-corrected chi connectivity index (χ3v) is 6.50. The number of amides is 1. The summed E-state index contributed by atoms with van der Waals surface area (Å²) in [4.78, 5) is 37.6. The minimum Gasteiger partial charge on any atom is -0.497 e. The molecule has 1 atom stereocenters. The highest BCUT2D eigenvalue weighted by Gasteiger charge is 2.49. The molecular formula is C23H28N2O8S. The molecule has 0 heterocycles. The van der Waals surface area contributed by atoms with Crippen LogP contribution in [0.5, 0.6) is 5.75 Å². The number of aliphatic carboxylic acids is 1. The minimum absolute atomic E-state index is 0.0563. The largest absolute Gasteiger partial charge is 0.497 e. The second-order valence-electron chi connectivity index (χ2n) is 7.43. The maximum Gasteiger partial charge on any atom is 0.343 e. The number of carbonyl (C=O) groups is 3. The molecule has 0 spiro atoms. The van der Waals surface area contributed by atoms with Gasteiger partial charge in [0.2, 0.25) is 15.6 Å². The zero-order valence-electron chi connectivity index (χ0n) is 19.2. The molecule has 0 bridgehead atoms. The number of ether oxygens (including phenoxy) is 2. The molecule has 0 radical (unpaired) electrons. The SMILES string of the molecule is CCOC(=O)C(CCCNS(=O)(=O)c1ccc(C)cc1)(NC(=O)c1ccc(OC)cc1)C(=O)O. The molecule has 0 fully saturated rings. The van der Waals surface area contributed by atoms with E-state index >= 15 is 0 Å². The van der Waals surface area contributed by atoms with Gasteiger partial charge in [-0.2, -0.15) is 0 Å². The zero-order valence-corrected chi connectivity index (χ0v) is 20.0. The Hall–Kier alpha value is -3.44. The lowest BCUT2D eigenvalue weighted by molar-refractivity contribution is -0.162. The number of esters is 1. The van der Waals surface area contributed by atoms with Crippen LogP contribution in [0.1, 0.15) is 35.7 Å². The summed E-state index contributed by atoms with van der Waals surface area (Å²) in [5, 5.41) is 12.2. The number of aryl methyl sites for hydroxylation is 1. The fourth-order valence-corrected chi connectivity index (χ4v) is 4.16. The first kappa shape index (κ1) is 26.8. The molecule has 2 aromatic carbocycles. The molecule has 1 amide bonds. The van der Waals surface area contributed by atoms with E-state index in [0.717, 1.165) is 5.56 Å². The van der Waals surface area contributed by atoms with Gasteiger partial charge >= 0.3 is 11.9 Å². The molecule has 0 saturated carbocycles. The van der Waals surface area contributed by atoms with Crippen LogP contribution >= 0.6 is 0 Å². The lowest BCUT2D eigenvalue weighted by Crippen LogP contribution is -2.61. The number of benzene rings is 2. The van der Waals surface area contributed by atoms with Crippen LogP contribution in [-0.2, 0) is 24.3 Å². The number of carbonyl (C=O) groups excluding carboxylic acids is 2. The molecule has 184 valence electrons. The third kappa shape index (κ3) is 6.55. The zero-order chi connectivity index (χ0) is 25.4.